The van der Waals surface area contributed by atoms with E-state index in [2.05, 4.69) is 50.4 Å². The molecule has 0 saturated carbocycles. The van der Waals surface area contributed by atoms with Crippen molar-refractivity contribution in [1.82, 2.24) is 0 Å². The average molecular weight is 299 g/mol. The average Bonchev–Trinajstić information content (AvgIpc) is 2.40. The predicted octanol–water partition coefficient (Wildman–Crippen LogP) is 5.09. The van der Waals surface area contributed by atoms with Crippen molar-refractivity contribution in [3.8, 4) is 0 Å². The van der Waals surface area contributed by atoms with Gasteiger partial charge in [-0.25, -0.2) is 0 Å². The van der Waals surface area contributed by atoms with Gasteiger partial charge in [0.25, 0.3) is 0 Å². The molecule has 2 aromatic carbocycles. The summed E-state index contributed by atoms with van der Waals surface area (Å²) < 4.78 is 0. The first-order chi connectivity index (χ1) is 9.84. The number of amides is 1. The van der Waals surface area contributed by atoms with Crippen LogP contribution in [0.3, 0.4) is 0 Å². The van der Waals surface area contributed by atoms with E-state index in [1.165, 1.54) is 17.4 Å². The highest BCUT2D eigenvalue weighted by atomic mass is 32.2. The van der Waals surface area contributed by atoms with Crippen LogP contribution in [0.1, 0.15) is 33.3 Å². The van der Waals surface area contributed by atoms with Gasteiger partial charge in [0.1, 0.15) is 0 Å². The van der Waals surface area contributed by atoms with E-state index in [-0.39, 0.29) is 11.3 Å². The number of hydrogen-bond acceptors (Lipinski definition) is 2. The molecule has 0 aromatic heterocycles. The Balaban J connectivity index is 2.06. The first-order valence-electron chi connectivity index (χ1n) is 7.01. The first-order valence-corrected chi connectivity index (χ1v) is 7.82. The van der Waals surface area contributed by atoms with E-state index < -0.39 is 0 Å². The maximum Gasteiger partial charge on any atom is 0.221 e. The van der Waals surface area contributed by atoms with Crippen molar-refractivity contribution in [3.05, 3.63) is 54.1 Å². The molecule has 0 aliphatic heterocycles. The standard InChI is InChI=1S/C18H21NOS/c1-13(20)19-15-7-11-17(12-8-15)21-16-9-5-14(6-10-16)18(2,3)4/h5-12H,1-4H3,(H,19,20). The molecular weight excluding hydrogens is 278 g/mol. The van der Waals surface area contributed by atoms with Crippen molar-refractivity contribution in [2.45, 2.75) is 42.9 Å². The normalized spacial score (nSPS) is 11.2. The lowest BCUT2D eigenvalue weighted by atomic mass is 9.87. The fraction of sp³-hybridized carbons (Fsp3) is 0.278. The third kappa shape index (κ3) is 4.64. The second kappa shape index (κ2) is 6.35. The van der Waals surface area contributed by atoms with Gasteiger partial charge in [-0.1, -0.05) is 44.7 Å². The van der Waals surface area contributed by atoms with E-state index >= 15 is 0 Å². The van der Waals surface area contributed by atoms with Gasteiger partial charge >= 0.3 is 0 Å². The van der Waals surface area contributed by atoms with Crippen LogP contribution in [-0.2, 0) is 10.2 Å². The number of benzene rings is 2. The number of nitrogens with one attached hydrogen (secondary N) is 1. The highest BCUT2D eigenvalue weighted by Gasteiger charge is 2.12. The number of carbonyl (C=O) groups is 1. The molecule has 3 heteroatoms. The van der Waals surface area contributed by atoms with Crippen LogP contribution in [0.2, 0.25) is 0 Å². The molecule has 2 aromatic rings. The predicted molar refractivity (Wildman–Crippen MR) is 90.0 cm³/mol. The van der Waals surface area contributed by atoms with Crippen LogP contribution in [0.25, 0.3) is 0 Å². The van der Waals surface area contributed by atoms with Crippen molar-refractivity contribution in [2.75, 3.05) is 5.32 Å². The SMILES string of the molecule is CC(=O)Nc1ccc(Sc2ccc(C(C)(C)C)cc2)cc1. The van der Waals surface area contributed by atoms with Gasteiger partial charge in [-0.15, -0.1) is 0 Å². The lowest BCUT2D eigenvalue weighted by Crippen LogP contribution is -2.10. The van der Waals surface area contributed by atoms with Crippen molar-refractivity contribution >= 4 is 23.4 Å². The van der Waals surface area contributed by atoms with Crippen molar-refractivity contribution in [1.29, 1.82) is 0 Å². The molecule has 0 aliphatic carbocycles. The summed E-state index contributed by atoms with van der Waals surface area (Å²) in [5, 5.41) is 2.77. The number of carbonyl (C=O) groups excluding carboxylic acids is 1. The summed E-state index contributed by atoms with van der Waals surface area (Å²) in [4.78, 5) is 13.4. The third-order valence-electron chi connectivity index (χ3n) is 3.13. The zero-order valence-electron chi connectivity index (χ0n) is 12.9. The Morgan fingerprint density at radius 1 is 0.905 bits per heavy atom. The molecule has 21 heavy (non-hydrogen) atoms. The molecular formula is C18H21NOS. The molecule has 0 radical (unpaired) electrons. The third-order valence-corrected chi connectivity index (χ3v) is 4.15. The lowest BCUT2D eigenvalue weighted by Gasteiger charge is -2.19. The van der Waals surface area contributed by atoms with Crippen molar-refractivity contribution in [2.24, 2.45) is 0 Å². The van der Waals surface area contributed by atoms with Crippen LogP contribution < -0.4 is 5.32 Å². The van der Waals surface area contributed by atoms with E-state index in [1.807, 2.05) is 24.3 Å². The van der Waals surface area contributed by atoms with Crippen LogP contribution in [-0.4, -0.2) is 5.91 Å². The van der Waals surface area contributed by atoms with Gasteiger partial charge in [0.2, 0.25) is 5.91 Å². The summed E-state index contributed by atoms with van der Waals surface area (Å²) in [6.45, 7) is 8.17. The Morgan fingerprint density at radius 3 is 1.81 bits per heavy atom. The zero-order valence-corrected chi connectivity index (χ0v) is 13.8. The lowest BCUT2D eigenvalue weighted by molar-refractivity contribution is -0.114. The van der Waals surface area contributed by atoms with Crippen molar-refractivity contribution < 1.29 is 4.79 Å². The molecule has 0 fully saturated rings. The second-order valence-corrected chi connectivity index (χ2v) is 7.23. The van der Waals surface area contributed by atoms with Crippen LogP contribution in [0.15, 0.2) is 58.3 Å². The van der Waals surface area contributed by atoms with Gasteiger partial charge in [0.05, 0.1) is 0 Å². The van der Waals surface area contributed by atoms with E-state index in [4.69, 9.17) is 0 Å². The zero-order chi connectivity index (χ0) is 15.5. The monoisotopic (exact) mass is 299 g/mol. The van der Waals surface area contributed by atoms with Crippen LogP contribution in [0.5, 0.6) is 0 Å². The molecule has 2 rings (SSSR count). The minimum Gasteiger partial charge on any atom is -0.326 e. The minimum absolute atomic E-state index is 0.0480. The largest absolute Gasteiger partial charge is 0.326 e. The summed E-state index contributed by atoms with van der Waals surface area (Å²) in [6, 6.07) is 16.6. The molecule has 1 amide bonds. The van der Waals surface area contributed by atoms with E-state index in [0.717, 1.165) is 10.6 Å². The molecule has 2 nitrogen and oxygen atoms in total. The fourth-order valence-corrected chi connectivity index (χ4v) is 2.79. The van der Waals surface area contributed by atoms with Crippen LogP contribution >= 0.6 is 11.8 Å². The Bertz CT molecular complexity index is 609. The van der Waals surface area contributed by atoms with Gasteiger partial charge in [-0.05, 0) is 47.4 Å². The Labute approximate surface area is 131 Å². The Hall–Kier alpha value is -1.74. The van der Waals surface area contributed by atoms with Gasteiger partial charge in [-0.3, -0.25) is 4.79 Å². The molecule has 0 saturated heterocycles. The molecule has 0 aliphatic rings. The molecule has 110 valence electrons. The molecule has 0 spiro atoms. The topological polar surface area (TPSA) is 29.1 Å². The number of rotatable bonds is 3. The summed E-state index contributed by atoms with van der Waals surface area (Å²) in [7, 11) is 0. The molecule has 1 N–H and O–H groups in total. The second-order valence-electron chi connectivity index (χ2n) is 6.08. The molecule has 0 atom stereocenters. The maximum atomic E-state index is 11.0. The van der Waals surface area contributed by atoms with Crippen LogP contribution in [0, 0.1) is 0 Å². The Kier molecular flexibility index (Phi) is 4.73. The quantitative estimate of drug-likeness (QED) is 0.855. The molecule has 0 bridgehead atoms. The molecule has 0 heterocycles. The van der Waals surface area contributed by atoms with E-state index in [0.29, 0.717) is 0 Å². The first kappa shape index (κ1) is 15.6. The summed E-state index contributed by atoms with van der Waals surface area (Å²) in [6.07, 6.45) is 0. The maximum absolute atomic E-state index is 11.0. The van der Waals surface area contributed by atoms with Gasteiger partial charge in [0.15, 0.2) is 0 Å². The van der Waals surface area contributed by atoms with Gasteiger partial charge in [0, 0.05) is 22.4 Å². The fourth-order valence-electron chi connectivity index (χ4n) is 1.97. The van der Waals surface area contributed by atoms with Gasteiger partial charge in [-0.2, -0.15) is 0 Å². The smallest absolute Gasteiger partial charge is 0.221 e. The summed E-state index contributed by atoms with van der Waals surface area (Å²) in [5.74, 6) is -0.0480. The summed E-state index contributed by atoms with van der Waals surface area (Å²) in [5.41, 5.74) is 2.35. The van der Waals surface area contributed by atoms with E-state index in [1.54, 1.807) is 11.8 Å². The Morgan fingerprint density at radius 2 is 1.38 bits per heavy atom. The number of anilines is 1. The van der Waals surface area contributed by atoms with Crippen molar-refractivity contribution in [3.63, 3.8) is 0 Å². The summed E-state index contributed by atoms with van der Waals surface area (Å²) >= 11 is 1.72. The highest BCUT2D eigenvalue weighted by molar-refractivity contribution is 7.99. The highest BCUT2D eigenvalue weighted by Crippen LogP contribution is 2.30. The minimum atomic E-state index is -0.0480. The van der Waals surface area contributed by atoms with E-state index in [9.17, 15) is 4.79 Å². The van der Waals surface area contributed by atoms with Gasteiger partial charge < -0.3 is 5.32 Å². The molecule has 0 unspecified atom stereocenters. The van der Waals surface area contributed by atoms with Crippen LogP contribution in [0.4, 0.5) is 5.69 Å². The number of hydrogen-bond donors (Lipinski definition) is 1.